The Morgan fingerprint density at radius 3 is 2.68 bits per heavy atom. The molecule has 0 spiro atoms. The molecule has 2 aromatic rings. The second kappa shape index (κ2) is 8.62. The molecule has 0 aliphatic carbocycles. The third kappa shape index (κ3) is 4.17. The van der Waals surface area contributed by atoms with Crippen molar-refractivity contribution in [2.75, 3.05) is 20.2 Å². The first kappa shape index (κ1) is 19.5. The SMILES string of the molecule is C=CC(=O)N1CCC(Oc2cc(C#N)cc(-c3c(C)cccc3OC)c2)CC1. The summed E-state index contributed by atoms with van der Waals surface area (Å²) in [7, 11) is 1.64. The third-order valence-corrected chi connectivity index (χ3v) is 5.01. The second-order valence-electron chi connectivity index (χ2n) is 6.86. The molecule has 0 aromatic heterocycles. The van der Waals surface area contributed by atoms with Gasteiger partial charge in [0.15, 0.2) is 0 Å². The zero-order chi connectivity index (χ0) is 20.1. The zero-order valence-corrected chi connectivity index (χ0v) is 16.3. The number of hydrogen-bond donors (Lipinski definition) is 0. The van der Waals surface area contributed by atoms with E-state index < -0.39 is 0 Å². The highest BCUT2D eigenvalue weighted by Gasteiger charge is 2.23. The molecule has 0 unspecified atom stereocenters. The molecule has 0 radical (unpaired) electrons. The van der Waals surface area contributed by atoms with Crippen LogP contribution in [-0.2, 0) is 4.79 Å². The number of rotatable bonds is 5. The Hall–Kier alpha value is -3.26. The normalized spacial score (nSPS) is 14.2. The van der Waals surface area contributed by atoms with Gasteiger partial charge >= 0.3 is 0 Å². The van der Waals surface area contributed by atoms with Crippen molar-refractivity contribution in [1.29, 1.82) is 5.26 Å². The summed E-state index contributed by atoms with van der Waals surface area (Å²) in [6.07, 6.45) is 2.85. The number of likely N-dealkylation sites (tertiary alicyclic amines) is 1. The molecule has 5 heteroatoms. The standard InChI is InChI=1S/C23H24N2O3/c1-4-22(26)25-10-8-19(9-11-25)28-20-13-17(15-24)12-18(14-20)23-16(2)6-5-7-21(23)27-3/h4-7,12-14,19H,1,8-11H2,2-3H3. The van der Waals surface area contributed by atoms with E-state index in [0.717, 1.165) is 35.3 Å². The summed E-state index contributed by atoms with van der Waals surface area (Å²) < 4.78 is 11.7. The summed E-state index contributed by atoms with van der Waals surface area (Å²) in [5, 5.41) is 9.47. The number of amides is 1. The average Bonchev–Trinajstić information content (AvgIpc) is 2.73. The van der Waals surface area contributed by atoms with E-state index in [2.05, 4.69) is 12.6 Å². The molecule has 3 rings (SSSR count). The maximum absolute atomic E-state index is 11.7. The minimum absolute atomic E-state index is 0.00873. The fourth-order valence-electron chi connectivity index (χ4n) is 3.57. The van der Waals surface area contributed by atoms with Crippen molar-refractivity contribution in [3.63, 3.8) is 0 Å². The van der Waals surface area contributed by atoms with Crippen molar-refractivity contribution in [2.24, 2.45) is 0 Å². The van der Waals surface area contributed by atoms with E-state index in [4.69, 9.17) is 9.47 Å². The predicted octanol–water partition coefficient (Wildman–Crippen LogP) is 4.10. The highest BCUT2D eigenvalue weighted by atomic mass is 16.5. The number of ether oxygens (including phenoxy) is 2. The van der Waals surface area contributed by atoms with Crippen LogP contribution in [0.15, 0.2) is 49.1 Å². The molecule has 5 nitrogen and oxygen atoms in total. The number of piperidine rings is 1. The topological polar surface area (TPSA) is 62.6 Å². The van der Waals surface area contributed by atoms with Gasteiger partial charge in [-0.1, -0.05) is 18.7 Å². The molecular weight excluding hydrogens is 352 g/mol. The maximum Gasteiger partial charge on any atom is 0.245 e. The number of nitriles is 1. The summed E-state index contributed by atoms with van der Waals surface area (Å²) in [6.45, 7) is 6.85. The van der Waals surface area contributed by atoms with Gasteiger partial charge in [-0.15, -0.1) is 0 Å². The van der Waals surface area contributed by atoms with E-state index in [-0.39, 0.29) is 12.0 Å². The second-order valence-corrected chi connectivity index (χ2v) is 6.86. The van der Waals surface area contributed by atoms with Crippen LogP contribution in [0.5, 0.6) is 11.5 Å². The van der Waals surface area contributed by atoms with Crippen molar-refractivity contribution < 1.29 is 14.3 Å². The Labute approximate surface area is 165 Å². The minimum Gasteiger partial charge on any atom is -0.496 e. The van der Waals surface area contributed by atoms with Crippen LogP contribution >= 0.6 is 0 Å². The van der Waals surface area contributed by atoms with E-state index in [1.807, 2.05) is 37.3 Å². The van der Waals surface area contributed by atoms with E-state index in [0.29, 0.717) is 24.4 Å². The van der Waals surface area contributed by atoms with Crippen LogP contribution in [0.2, 0.25) is 0 Å². The molecular formula is C23H24N2O3. The Bertz CT molecular complexity index is 922. The lowest BCUT2D eigenvalue weighted by Crippen LogP contribution is -2.41. The van der Waals surface area contributed by atoms with Gasteiger partial charge in [0, 0.05) is 31.5 Å². The third-order valence-electron chi connectivity index (χ3n) is 5.01. The van der Waals surface area contributed by atoms with E-state index in [1.165, 1.54) is 6.08 Å². The molecule has 28 heavy (non-hydrogen) atoms. The van der Waals surface area contributed by atoms with Crippen molar-refractivity contribution in [3.8, 4) is 28.7 Å². The molecule has 1 saturated heterocycles. The lowest BCUT2D eigenvalue weighted by Gasteiger charge is -2.31. The molecule has 0 N–H and O–H groups in total. The number of carbonyl (C=O) groups is 1. The highest BCUT2D eigenvalue weighted by Crippen LogP contribution is 2.36. The van der Waals surface area contributed by atoms with Crippen LogP contribution in [0, 0.1) is 18.3 Å². The largest absolute Gasteiger partial charge is 0.496 e. The molecule has 2 aromatic carbocycles. The van der Waals surface area contributed by atoms with Gasteiger partial charge in [0.05, 0.1) is 18.7 Å². The Balaban J connectivity index is 1.85. The van der Waals surface area contributed by atoms with E-state index in [1.54, 1.807) is 18.1 Å². The number of carbonyl (C=O) groups excluding carboxylic acids is 1. The number of hydrogen-bond acceptors (Lipinski definition) is 4. The molecule has 0 saturated carbocycles. The van der Waals surface area contributed by atoms with Gasteiger partial charge in [0.1, 0.15) is 17.6 Å². The van der Waals surface area contributed by atoms with Crippen molar-refractivity contribution >= 4 is 5.91 Å². The van der Waals surface area contributed by atoms with Gasteiger partial charge in [0.2, 0.25) is 5.91 Å². The molecule has 1 aliphatic heterocycles. The first-order valence-electron chi connectivity index (χ1n) is 9.33. The van der Waals surface area contributed by atoms with E-state index >= 15 is 0 Å². The predicted molar refractivity (Wildman–Crippen MR) is 108 cm³/mol. The summed E-state index contributed by atoms with van der Waals surface area (Å²) >= 11 is 0. The van der Waals surface area contributed by atoms with E-state index in [9.17, 15) is 10.1 Å². The molecule has 1 amide bonds. The average molecular weight is 376 g/mol. The smallest absolute Gasteiger partial charge is 0.245 e. The molecule has 0 bridgehead atoms. The number of aryl methyl sites for hydroxylation is 1. The molecule has 144 valence electrons. The Morgan fingerprint density at radius 2 is 2.04 bits per heavy atom. The quantitative estimate of drug-likeness (QED) is 0.737. The lowest BCUT2D eigenvalue weighted by atomic mass is 9.97. The summed E-state index contributed by atoms with van der Waals surface area (Å²) in [4.78, 5) is 13.5. The first-order chi connectivity index (χ1) is 13.5. The molecule has 1 heterocycles. The maximum atomic E-state index is 11.7. The van der Waals surface area contributed by atoms with Crippen molar-refractivity contribution in [3.05, 3.63) is 60.2 Å². The van der Waals surface area contributed by atoms with Crippen LogP contribution in [0.25, 0.3) is 11.1 Å². The number of benzene rings is 2. The van der Waals surface area contributed by atoms with Gasteiger partial charge in [-0.25, -0.2) is 0 Å². The number of nitrogens with zero attached hydrogens (tertiary/aromatic N) is 2. The van der Waals surface area contributed by atoms with Gasteiger partial charge in [0.25, 0.3) is 0 Å². The zero-order valence-electron chi connectivity index (χ0n) is 16.3. The van der Waals surface area contributed by atoms with Crippen LogP contribution in [0.4, 0.5) is 0 Å². The summed E-state index contributed by atoms with van der Waals surface area (Å²) in [6, 6.07) is 13.7. The summed E-state index contributed by atoms with van der Waals surface area (Å²) in [5.41, 5.74) is 3.45. The number of methoxy groups -OCH3 is 1. The van der Waals surface area contributed by atoms with Gasteiger partial charge < -0.3 is 14.4 Å². The summed E-state index contributed by atoms with van der Waals surface area (Å²) in [5.74, 6) is 1.38. The first-order valence-corrected chi connectivity index (χ1v) is 9.33. The Kier molecular flexibility index (Phi) is 6.00. The van der Waals surface area contributed by atoms with Gasteiger partial charge in [-0.2, -0.15) is 5.26 Å². The fourth-order valence-corrected chi connectivity index (χ4v) is 3.57. The van der Waals surface area contributed by atoms with Gasteiger partial charge in [-0.3, -0.25) is 4.79 Å². The van der Waals surface area contributed by atoms with Crippen molar-refractivity contribution in [2.45, 2.75) is 25.9 Å². The Morgan fingerprint density at radius 1 is 1.29 bits per heavy atom. The molecule has 1 aliphatic rings. The fraction of sp³-hybridized carbons (Fsp3) is 0.304. The van der Waals surface area contributed by atoms with Crippen LogP contribution in [0.1, 0.15) is 24.0 Å². The van der Waals surface area contributed by atoms with Gasteiger partial charge in [-0.05, 0) is 48.4 Å². The van der Waals surface area contributed by atoms with Crippen LogP contribution < -0.4 is 9.47 Å². The molecule has 0 atom stereocenters. The van der Waals surface area contributed by atoms with Crippen LogP contribution in [0.3, 0.4) is 0 Å². The highest BCUT2D eigenvalue weighted by molar-refractivity contribution is 5.87. The van der Waals surface area contributed by atoms with Crippen molar-refractivity contribution in [1.82, 2.24) is 4.90 Å². The molecule has 1 fully saturated rings. The lowest BCUT2D eigenvalue weighted by molar-refractivity contribution is -0.127. The van der Waals surface area contributed by atoms with Crippen LogP contribution in [-0.4, -0.2) is 37.1 Å². The minimum atomic E-state index is -0.0427. The monoisotopic (exact) mass is 376 g/mol.